The second-order valence-electron chi connectivity index (χ2n) is 4.70. The largest absolute Gasteiger partial charge is 0.393 e. The lowest BCUT2D eigenvalue weighted by Crippen LogP contribution is -2.39. The van der Waals surface area contributed by atoms with Gasteiger partial charge in [-0.3, -0.25) is 4.79 Å². The number of rotatable bonds is 6. The van der Waals surface area contributed by atoms with E-state index in [0.717, 1.165) is 0 Å². The molecule has 1 aromatic carbocycles. The van der Waals surface area contributed by atoms with Crippen LogP contribution in [0.15, 0.2) is 24.3 Å². The lowest BCUT2D eigenvalue weighted by molar-refractivity contribution is -0.132. The van der Waals surface area contributed by atoms with Gasteiger partial charge >= 0.3 is 0 Å². The van der Waals surface area contributed by atoms with Crippen LogP contribution in [-0.4, -0.2) is 28.4 Å². The summed E-state index contributed by atoms with van der Waals surface area (Å²) in [6.07, 6.45) is 0.690. The number of thiocarbonyl (C=S) groups is 1. The van der Waals surface area contributed by atoms with E-state index in [9.17, 15) is 9.18 Å². The standard InChI is InChI=1S/C14H19FN2OS/c1-10(2)17(7-6-13(16)19)14(18)9-11-4-3-5-12(15)8-11/h3-5,8,10H,6-7,9H2,1-2H3,(H2,16,19). The Morgan fingerprint density at radius 3 is 2.68 bits per heavy atom. The fraction of sp³-hybridized carbons (Fsp3) is 0.429. The molecule has 5 heteroatoms. The van der Waals surface area contributed by atoms with Crippen LogP contribution in [0.25, 0.3) is 0 Å². The maximum Gasteiger partial charge on any atom is 0.227 e. The van der Waals surface area contributed by atoms with E-state index in [-0.39, 0.29) is 24.2 Å². The van der Waals surface area contributed by atoms with Crippen molar-refractivity contribution in [3.05, 3.63) is 35.6 Å². The average Bonchev–Trinajstić information content (AvgIpc) is 2.28. The number of nitrogens with zero attached hydrogens (tertiary/aromatic N) is 1. The molecule has 1 aromatic rings. The number of hydrogen-bond acceptors (Lipinski definition) is 2. The van der Waals surface area contributed by atoms with Crippen LogP contribution in [0.1, 0.15) is 25.8 Å². The molecular formula is C14H19FN2OS. The highest BCUT2D eigenvalue weighted by Crippen LogP contribution is 2.09. The summed E-state index contributed by atoms with van der Waals surface area (Å²) >= 11 is 4.82. The van der Waals surface area contributed by atoms with Crippen molar-refractivity contribution in [2.45, 2.75) is 32.7 Å². The van der Waals surface area contributed by atoms with Gasteiger partial charge in [0.1, 0.15) is 5.82 Å². The SMILES string of the molecule is CC(C)N(CCC(N)=S)C(=O)Cc1cccc(F)c1. The molecule has 3 nitrogen and oxygen atoms in total. The molecule has 0 saturated heterocycles. The Balaban J connectivity index is 2.69. The molecule has 0 heterocycles. The number of nitrogens with two attached hydrogens (primary N) is 1. The molecule has 0 saturated carbocycles. The minimum atomic E-state index is -0.329. The summed E-state index contributed by atoms with van der Waals surface area (Å²) in [7, 11) is 0. The van der Waals surface area contributed by atoms with Crippen LogP contribution in [0, 0.1) is 5.82 Å². The number of amides is 1. The van der Waals surface area contributed by atoms with Gasteiger partial charge in [0.15, 0.2) is 0 Å². The third-order valence-electron chi connectivity index (χ3n) is 2.79. The van der Waals surface area contributed by atoms with E-state index >= 15 is 0 Å². The quantitative estimate of drug-likeness (QED) is 0.814. The van der Waals surface area contributed by atoms with Crippen LogP contribution in [0.5, 0.6) is 0 Å². The third kappa shape index (κ3) is 5.34. The van der Waals surface area contributed by atoms with Crippen molar-refractivity contribution in [2.24, 2.45) is 5.73 Å². The second-order valence-corrected chi connectivity index (χ2v) is 5.23. The predicted molar refractivity (Wildman–Crippen MR) is 78.4 cm³/mol. The van der Waals surface area contributed by atoms with Gasteiger partial charge in [0.05, 0.1) is 11.4 Å². The minimum absolute atomic E-state index is 0.0446. The van der Waals surface area contributed by atoms with E-state index in [4.69, 9.17) is 18.0 Å². The Labute approximate surface area is 118 Å². The molecule has 0 aliphatic heterocycles. The van der Waals surface area contributed by atoms with Gasteiger partial charge in [-0.05, 0) is 31.5 Å². The molecule has 1 rings (SSSR count). The molecule has 0 aliphatic rings. The maximum atomic E-state index is 13.1. The van der Waals surface area contributed by atoms with Gasteiger partial charge in [-0.2, -0.15) is 0 Å². The fourth-order valence-corrected chi connectivity index (χ4v) is 1.92. The van der Waals surface area contributed by atoms with Gasteiger partial charge in [0, 0.05) is 19.0 Å². The van der Waals surface area contributed by atoms with E-state index in [1.165, 1.54) is 12.1 Å². The third-order valence-corrected chi connectivity index (χ3v) is 2.99. The summed E-state index contributed by atoms with van der Waals surface area (Å²) < 4.78 is 13.1. The van der Waals surface area contributed by atoms with Crippen molar-refractivity contribution in [2.75, 3.05) is 6.54 Å². The zero-order valence-corrected chi connectivity index (χ0v) is 12.0. The Hall–Kier alpha value is -1.49. The molecule has 0 bridgehead atoms. The van der Waals surface area contributed by atoms with E-state index in [1.807, 2.05) is 13.8 Å². The molecule has 0 radical (unpaired) electrons. The summed E-state index contributed by atoms with van der Waals surface area (Å²) in [5, 5.41) is 0. The highest BCUT2D eigenvalue weighted by molar-refractivity contribution is 7.80. The van der Waals surface area contributed by atoms with Crippen molar-refractivity contribution >= 4 is 23.1 Å². The van der Waals surface area contributed by atoms with Crippen LogP contribution < -0.4 is 5.73 Å². The summed E-state index contributed by atoms with van der Waals surface area (Å²) in [5.74, 6) is -0.374. The zero-order valence-electron chi connectivity index (χ0n) is 11.2. The molecule has 0 aliphatic carbocycles. The van der Waals surface area contributed by atoms with Gasteiger partial charge in [-0.25, -0.2) is 4.39 Å². The van der Waals surface area contributed by atoms with E-state index in [0.29, 0.717) is 23.5 Å². The Morgan fingerprint density at radius 1 is 1.47 bits per heavy atom. The molecule has 2 N–H and O–H groups in total. The number of benzene rings is 1. The number of carbonyl (C=O) groups is 1. The van der Waals surface area contributed by atoms with Crippen molar-refractivity contribution in [1.29, 1.82) is 0 Å². The molecule has 19 heavy (non-hydrogen) atoms. The first-order valence-corrected chi connectivity index (χ1v) is 6.63. The average molecular weight is 282 g/mol. The Bertz CT molecular complexity index is 463. The number of hydrogen-bond donors (Lipinski definition) is 1. The summed E-state index contributed by atoms with van der Waals surface area (Å²) in [4.78, 5) is 14.3. The lowest BCUT2D eigenvalue weighted by Gasteiger charge is -2.26. The van der Waals surface area contributed by atoms with Gasteiger partial charge < -0.3 is 10.6 Å². The van der Waals surface area contributed by atoms with E-state index in [2.05, 4.69) is 0 Å². The first kappa shape index (κ1) is 15.6. The minimum Gasteiger partial charge on any atom is -0.393 e. The number of carbonyl (C=O) groups excluding carboxylic acids is 1. The second kappa shape index (κ2) is 7.19. The van der Waals surface area contributed by atoms with Crippen LogP contribution in [0.2, 0.25) is 0 Å². The lowest BCUT2D eigenvalue weighted by atomic mass is 10.1. The van der Waals surface area contributed by atoms with Crippen molar-refractivity contribution in [3.63, 3.8) is 0 Å². The van der Waals surface area contributed by atoms with Crippen LogP contribution in [-0.2, 0) is 11.2 Å². The van der Waals surface area contributed by atoms with Crippen LogP contribution in [0.4, 0.5) is 4.39 Å². The van der Waals surface area contributed by atoms with E-state index < -0.39 is 0 Å². The van der Waals surface area contributed by atoms with E-state index in [1.54, 1.807) is 17.0 Å². The van der Waals surface area contributed by atoms with Crippen molar-refractivity contribution in [3.8, 4) is 0 Å². The molecule has 0 unspecified atom stereocenters. The topological polar surface area (TPSA) is 46.3 Å². The number of halogens is 1. The van der Waals surface area contributed by atoms with Gasteiger partial charge in [0.2, 0.25) is 5.91 Å². The van der Waals surface area contributed by atoms with Gasteiger partial charge in [0.25, 0.3) is 0 Å². The van der Waals surface area contributed by atoms with Crippen LogP contribution >= 0.6 is 12.2 Å². The molecular weight excluding hydrogens is 263 g/mol. The summed E-state index contributed by atoms with van der Waals surface area (Å²) in [6.45, 7) is 4.37. The molecule has 0 aromatic heterocycles. The Morgan fingerprint density at radius 2 is 2.16 bits per heavy atom. The molecule has 104 valence electrons. The smallest absolute Gasteiger partial charge is 0.227 e. The molecule has 1 amide bonds. The van der Waals surface area contributed by atoms with Crippen LogP contribution in [0.3, 0.4) is 0 Å². The highest BCUT2D eigenvalue weighted by atomic mass is 32.1. The maximum absolute atomic E-state index is 13.1. The predicted octanol–water partition coefficient (Wildman–Crippen LogP) is 2.28. The monoisotopic (exact) mass is 282 g/mol. The molecule has 0 atom stereocenters. The zero-order chi connectivity index (χ0) is 14.4. The first-order chi connectivity index (χ1) is 8.90. The Kier molecular flexibility index (Phi) is 5.89. The normalized spacial score (nSPS) is 10.5. The first-order valence-electron chi connectivity index (χ1n) is 6.22. The molecule has 0 spiro atoms. The molecule has 0 fully saturated rings. The summed E-state index contributed by atoms with van der Waals surface area (Å²) in [5.41, 5.74) is 6.13. The van der Waals surface area contributed by atoms with Crippen molar-refractivity contribution < 1.29 is 9.18 Å². The highest BCUT2D eigenvalue weighted by Gasteiger charge is 2.17. The van der Waals surface area contributed by atoms with Gasteiger partial charge in [-0.1, -0.05) is 24.4 Å². The summed E-state index contributed by atoms with van der Waals surface area (Å²) in [6, 6.07) is 6.15. The van der Waals surface area contributed by atoms with Crippen molar-refractivity contribution in [1.82, 2.24) is 4.90 Å². The fourth-order valence-electron chi connectivity index (χ4n) is 1.82. The van der Waals surface area contributed by atoms with Gasteiger partial charge in [-0.15, -0.1) is 0 Å².